The van der Waals surface area contributed by atoms with Gasteiger partial charge in [-0.05, 0) is 126 Å². The summed E-state index contributed by atoms with van der Waals surface area (Å²) in [5, 5.41) is 25.3. The van der Waals surface area contributed by atoms with Crippen LogP contribution in [0.1, 0.15) is 138 Å². The molecule has 74 heavy (non-hydrogen) atoms. The topological polar surface area (TPSA) is 239 Å². The summed E-state index contributed by atoms with van der Waals surface area (Å²) in [6, 6.07) is 9.16. The van der Waals surface area contributed by atoms with Gasteiger partial charge in [-0.25, -0.2) is 0 Å². The monoisotopic (exact) mass is 1020 g/mol. The number of rotatable bonds is 18. The highest BCUT2D eigenvalue weighted by atomic mass is 16.2. The van der Waals surface area contributed by atoms with Gasteiger partial charge >= 0.3 is 0 Å². The third-order valence-corrected chi connectivity index (χ3v) is 17.3. The van der Waals surface area contributed by atoms with Crippen LogP contribution in [-0.2, 0) is 41.6 Å². The maximum absolute atomic E-state index is 14.5. The van der Waals surface area contributed by atoms with E-state index in [1.165, 1.54) is 0 Å². The smallest absolute Gasteiger partial charge is 0.253 e. The number of nitrogens with zero attached hydrogens (tertiary/aromatic N) is 2. The highest BCUT2D eigenvalue weighted by Gasteiger charge is 2.46. The van der Waals surface area contributed by atoms with Crippen molar-refractivity contribution in [3.05, 3.63) is 91.2 Å². The summed E-state index contributed by atoms with van der Waals surface area (Å²) < 4.78 is 0. The van der Waals surface area contributed by atoms with Gasteiger partial charge in [-0.3, -0.25) is 38.4 Å². The minimum Gasteiger partial charge on any atom is -0.374 e. The summed E-state index contributed by atoms with van der Waals surface area (Å²) in [7, 11) is 3.40. The molecule has 3 aromatic rings. The molecule has 6 amide bonds. The third-order valence-electron chi connectivity index (χ3n) is 17.3. The van der Waals surface area contributed by atoms with Crippen LogP contribution in [0.15, 0.2) is 58.1 Å². The van der Waals surface area contributed by atoms with Crippen LogP contribution in [0.25, 0.3) is 0 Å². The Bertz CT molecular complexity index is 2460. The standard InChI is InChI=1S/C56H76N10O8/c1-31(57-3)51(69)61-43(33-17-7-5-8-18-33)55(73)65-27-15-25-41(65)53(71)63-45-37-23-13-11-21-35(37)29-39(45)59-47-48(50(68)49(47)67)60-40-30-36-22-12-14-24-38(36)46(40)64-54(72)42-26-16-28-66(42)56(74)44(34-19-9-6-10-20-34)62-52(70)32(2)58-4/h11-14,21-24,31-34,39-46,57-60H,5-10,15-20,25-30H2,1-4H3,(H,61,69)(H,62,70)(H,63,71)(H,64,72)/t31-,32-,39+,40+,41-,42-,43-,44-,45-,46-/m0/s1. The number of nitrogens with one attached hydrogen (secondary N) is 8. The van der Waals surface area contributed by atoms with Gasteiger partial charge in [0.25, 0.3) is 10.9 Å². The Balaban J connectivity index is 0.908. The maximum Gasteiger partial charge on any atom is 0.253 e. The molecule has 10 atom stereocenters. The lowest BCUT2D eigenvalue weighted by molar-refractivity contribution is -0.143. The molecule has 0 unspecified atom stereocenters. The zero-order valence-corrected chi connectivity index (χ0v) is 43.4. The van der Waals surface area contributed by atoms with Gasteiger partial charge in [-0.2, -0.15) is 0 Å². The molecule has 8 N–H and O–H groups in total. The van der Waals surface area contributed by atoms with E-state index in [2.05, 4.69) is 42.5 Å². The molecule has 0 aromatic heterocycles. The number of amides is 6. The van der Waals surface area contributed by atoms with E-state index in [-0.39, 0.29) is 58.7 Å². The van der Waals surface area contributed by atoms with Crippen molar-refractivity contribution >= 4 is 46.8 Å². The van der Waals surface area contributed by atoms with E-state index in [1.807, 2.05) is 48.5 Å². The lowest BCUT2D eigenvalue weighted by Gasteiger charge is -2.35. The van der Waals surface area contributed by atoms with Crippen molar-refractivity contribution in [2.45, 2.75) is 177 Å². The van der Waals surface area contributed by atoms with Crippen LogP contribution in [0.3, 0.4) is 0 Å². The second kappa shape index (κ2) is 23.2. The zero-order valence-electron chi connectivity index (χ0n) is 43.4. The van der Waals surface area contributed by atoms with Crippen LogP contribution < -0.4 is 53.4 Å². The van der Waals surface area contributed by atoms with E-state index in [1.54, 1.807) is 37.7 Å². The number of carbonyl (C=O) groups excluding carboxylic acids is 6. The largest absolute Gasteiger partial charge is 0.374 e. The molecule has 3 aromatic carbocycles. The molecule has 2 saturated carbocycles. The van der Waals surface area contributed by atoms with Crippen molar-refractivity contribution in [3.8, 4) is 0 Å². The number of hydrogen-bond donors (Lipinski definition) is 8. The zero-order chi connectivity index (χ0) is 52.2. The number of likely N-dealkylation sites (N-methyl/N-ethyl adjacent to an activating group) is 2. The Hall–Kier alpha value is -6.14. The Kier molecular flexibility index (Phi) is 16.5. The molecule has 2 heterocycles. The Morgan fingerprint density at radius 3 is 1.27 bits per heavy atom. The van der Waals surface area contributed by atoms with Crippen LogP contribution in [0.2, 0.25) is 0 Å². The molecule has 4 fully saturated rings. The summed E-state index contributed by atoms with van der Waals surface area (Å²) in [5.74, 6) is -1.71. The van der Waals surface area contributed by atoms with Crippen LogP contribution in [-0.4, -0.2) is 121 Å². The van der Waals surface area contributed by atoms with Gasteiger partial charge in [0.15, 0.2) is 0 Å². The molecular weight excluding hydrogens is 941 g/mol. The van der Waals surface area contributed by atoms with Crippen LogP contribution in [0.5, 0.6) is 0 Å². The minimum atomic E-state index is -0.763. The fourth-order valence-corrected chi connectivity index (χ4v) is 12.8. The molecular formula is C56H76N10O8. The molecule has 4 aliphatic carbocycles. The molecule has 9 rings (SSSR count). The van der Waals surface area contributed by atoms with Crippen LogP contribution in [0.4, 0.5) is 11.4 Å². The first-order valence-corrected chi connectivity index (χ1v) is 27.5. The summed E-state index contributed by atoms with van der Waals surface area (Å²) in [4.78, 5) is 115. The predicted octanol–water partition coefficient (Wildman–Crippen LogP) is 3.00. The lowest BCUT2D eigenvalue weighted by Crippen LogP contribution is -2.58. The molecule has 0 bridgehead atoms. The summed E-state index contributed by atoms with van der Waals surface area (Å²) in [6.45, 7) is 4.28. The average Bonchev–Trinajstić information content (AvgIpc) is 4.26. The highest BCUT2D eigenvalue weighted by molar-refractivity contribution is 5.95. The molecule has 18 heteroatoms. The van der Waals surface area contributed by atoms with E-state index in [4.69, 9.17) is 0 Å². The number of benzene rings is 2. The molecule has 398 valence electrons. The maximum atomic E-state index is 14.5. The first kappa shape index (κ1) is 52.7. The van der Waals surface area contributed by atoms with Gasteiger partial charge in [0, 0.05) is 13.1 Å². The Labute approximate surface area is 433 Å². The fourth-order valence-electron chi connectivity index (χ4n) is 12.8. The van der Waals surface area contributed by atoms with E-state index in [0.717, 1.165) is 86.5 Å². The first-order chi connectivity index (χ1) is 35.8. The molecule has 6 aliphatic rings. The molecule has 0 spiro atoms. The lowest BCUT2D eigenvalue weighted by atomic mass is 9.83. The molecule has 2 saturated heterocycles. The summed E-state index contributed by atoms with van der Waals surface area (Å²) >= 11 is 0. The number of carbonyl (C=O) groups is 6. The number of likely N-dealkylation sites (tertiary alicyclic amines) is 2. The third kappa shape index (κ3) is 10.8. The van der Waals surface area contributed by atoms with Crippen molar-refractivity contribution in [3.63, 3.8) is 0 Å². The average molecular weight is 1020 g/mol. The number of hydrogen-bond acceptors (Lipinski definition) is 12. The van der Waals surface area contributed by atoms with Gasteiger partial charge in [-0.15, -0.1) is 0 Å². The first-order valence-electron chi connectivity index (χ1n) is 27.5. The summed E-state index contributed by atoms with van der Waals surface area (Å²) in [5.41, 5.74) is 2.49. The van der Waals surface area contributed by atoms with E-state index in [9.17, 15) is 38.4 Å². The molecule has 18 nitrogen and oxygen atoms in total. The van der Waals surface area contributed by atoms with Gasteiger partial charge in [0.05, 0.1) is 36.3 Å². The van der Waals surface area contributed by atoms with Gasteiger partial charge in [0.1, 0.15) is 35.5 Å². The van der Waals surface area contributed by atoms with Gasteiger partial charge < -0.3 is 52.3 Å². The fraction of sp³-hybridized carbons (Fsp3) is 0.607. The van der Waals surface area contributed by atoms with E-state index >= 15 is 0 Å². The van der Waals surface area contributed by atoms with Gasteiger partial charge in [-0.1, -0.05) is 87.1 Å². The van der Waals surface area contributed by atoms with Gasteiger partial charge in [0.2, 0.25) is 35.4 Å². The number of fused-ring (bicyclic) bond motifs is 2. The van der Waals surface area contributed by atoms with Crippen molar-refractivity contribution < 1.29 is 28.8 Å². The van der Waals surface area contributed by atoms with Crippen LogP contribution in [0, 0.1) is 11.8 Å². The second-order valence-corrected chi connectivity index (χ2v) is 21.9. The van der Waals surface area contributed by atoms with E-state index in [0.29, 0.717) is 51.6 Å². The quantitative estimate of drug-likeness (QED) is 0.0859. The van der Waals surface area contributed by atoms with Crippen molar-refractivity contribution in [2.24, 2.45) is 11.8 Å². The SMILES string of the molecule is CN[C@@H](C)C(=O)N[C@H](C(=O)N1CCC[C@H]1C(=O)N[C@H]1c2ccccc2C[C@H]1Nc1c(N[C@@H]2Cc3ccccc3[C@@H]2NC(=O)[C@@H]2CCCN2C(=O)[C@@H](NC(=O)[C@H](C)NC)C2CCCCC2)c(=O)c1=O)C1CCCCC1. The van der Waals surface area contributed by atoms with Crippen molar-refractivity contribution in [1.29, 1.82) is 0 Å². The Morgan fingerprint density at radius 2 is 0.892 bits per heavy atom. The summed E-state index contributed by atoms with van der Waals surface area (Å²) in [6.07, 6.45) is 12.4. The second-order valence-electron chi connectivity index (χ2n) is 21.9. The van der Waals surface area contributed by atoms with Crippen molar-refractivity contribution in [2.75, 3.05) is 37.8 Å². The van der Waals surface area contributed by atoms with Crippen LogP contribution >= 0.6 is 0 Å². The molecule has 0 radical (unpaired) electrons. The normalized spacial score (nSPS) is 25.6. The van der Waals surface area contributed by atoms with E-state index < -0.39 is 71.3 Å². The number of anilines is 2. The Morgan fingerprint density at radius 1 is 0.514 bits per heavy atom. The molecule has 2 aliphatic heterocycles. The van der Waals surface area contributed by atoms with Crippen molar-refractivity contribution in [1.82, 2.24) is 41.7 Å². The predicted molar refractivity (Wildman–Crippen MR) is 282 cm³/mol. The minimum absolute atomic E-state index is 0.0288. The highest BCUT2D eigenvalue weighted by Crippen LogP contribution is 2.38.